The summed E-state index contributed by atoms with van der Waals surface area (Å²) in [6, 6.07) is 5.47. The number of ether oxygens (including phenoxy) is 1. The first kappa shape index (κ1) is 34.3. The number of aliphatic imine (C=N–C) groups is 1. The summed E-state index contributed by atoms with van der Waals surface area (Å²) in [5, 5.41) is 24.7. The number of nitrogens with one attached hydrogen (secondary N) is 1. The fourth-order valence-corrected chi connectivity index (χ4v) is 7.34. The number of methoxy groups -OCH3 is 1. The van der Waals surface area contributed by atoms with Crippen LogP contribution in [0.1, 0.15) is 68.9 Å². The minimum atomic E-state index is -0.860. The summed E-state index contributed by atoms with van der Waals surface area (Å²) in [4.78, 5) is 41.5. The van der Waals surface area contributed by atoms with E-state index < -0.39 is 24.2 Å². The lowest BCUT2D eigenvalue weighted by Gasteiger charge is -2.39. The molecule has 0 spiro atoms. The Kier molecular flexibility index (Phi) is 12.2. The maximum absolute atomic E-state index is 13.8. The number of carbonyl (C=O) groups is 2. The van der Waals surface area contributed by atoms with Crippen LogP contribution in [-0.4, -0.2) is 122 Å². The van der Waals surface area contributed by atoms with Gasteiger partial charge in [0, 0.05) is 62.8 Å². The van der Waals surface area contributed by atoms with Gasteiger partial charge in [0.2, 0.25) is 11.8 Å². The maximum Gasteiger partial charge on any atom is 0.240 e. The summed E-state index contributed by atoms with van der Waals surface area (Å²) >= 11 is 0. The molecule has 246 valence electrons. The summed E-state index contributed by atoms with van der Waals surface area (Å²) in [6.45, 7) is 3.12. The third-order valence-corrected chi connectivity index (χ3v) is 9.81. The van der Waals surface area contributed by atoms with Gasteiger partial charge in [0.05, 0.1) is 26.4 Å². The fourth-order valence-electron chi connectivity index (χ4n) is 7.34. The highest BCUT2D eigenvalue weighted by molar-refractivity contribution is 5.86. The van der Waals surface area contributed by atoms with Gasteiger partial charge in [0.25, 0.3) is 0 Å². The Morgan fingerprint density at radius 1 is 1.20 bits per heavy atom. The number of carbonyl (C=O) groups excluding carboxylic acids is 2. The third-order valence-electron chi connectivity index (χ3n) is 9.81. The van der Waals surface area contributed by atoms with Crippen LogP contribution < -0.4 is 10.1 Å². The molecule has 0 radical (unpaired) electrons. The lowest BCUT2D eigenvalue weighted by Crippen LogP contribution is -2.48. The van der Waals surface area contributed by atoms with Gasteiger partial charge in [0.15, 0.2) is 0 Å². The predicted octanol–water partition coefficient (Wildman–Crippen LogP) is 2.20. The van der Waals surface area contributed by atoms with Crippen molar-refractivity contribution >= 4 is 17.5 Å². The van der Waals surface area contributed by atoms with E-state index in [-0.39, 0.29) is 42.8 Å². The van der Waals surface area contributed by atoms with Gasteiger partial charge in [0.1, 0.15) is 17.9 Å². The van der Waals surface area contributed by atoms with Crippen LogP contribution >= 0.6 is 0 Å². The summed E-state index contributed by atoms with van der Waals surface area (Å²) in [5.41, 5.74) is 3.10. The minimum absolute atomic E-state index is 0.0979. The highest BCUT2D eigenvalue weighted by Gasteiger charge is 2.49. The number of aliphatic hydroxyl groups is 2. The van der Waals surface area contributed by atoms with Crippen LogP contribution in [-0.2, 0) is 21.0 Å². The average Bonchev–Trinajstić information content (AvgIpc) is 3.41. The van der Waals surface area contributed by atoms with Gasteiger partial charge in [-0.05, 0) is 71.0 Å². The first-order valence-electron chi connectivity index (χ1n) is 16.1. The predicted molar refractivity (Wildman–Crippen MR) is 169 cm³/mol. The molecule has 2 fully saturated rings. The van der Waals surface area contributed by atoms with Crippen LogP contribution in [0.15, 0.2) is 23.2 Å². The quantitative estimate of drug-likeness (QED) is 0.327. The maximum atomic E-state index is 13.8. The van der Waals surface area contributed by atoms with Crippen molar-refractivity contribution in [2.24, 2.45) is 16.8 Å². The molecule has 1 aliphatic carbocycles. The highest BCUT2D eigenvalue weighted by atomic mass is 16.7. The van der Waals surface area contributed by atoms with Crippen LogP contribution in [0.2, 0.25) is 0 Å². The summed E-state index contributed by atoms with van der Waals surface area (Å²) in [5.74, 6) is 0.00912. The Hall–Kier alpha value is -2.57. The second-order valence-electron chi connectivity index (χ2n) is 13.0. The van der Waals surface area contributed by atoms with Gasteiger partial charge in [-0.25, -0.2) is 0 Å². The standard InChI is InChI=1S/C33H53N5O6/c1-21(40)29-28(20-39)44-38(30(29)32(41)34-2)19-22-10-9-12-27(31(22)43-6)23-16-24(18-26(17-23)36(3)4)33(42)37(5)15-13-25-11-7-8-14-35-25/h9-10,12,21,23-24,26,28-30,39-40H,7-8,11,13-20H2,1-6H3,(H,34,41)/t21-,23?,24?,26?,28-,29-,30-/m0/s1. The van der Waals surface area contributed by atoms with Crippen molar-refractivity contribution < 1.29 is 29.4 Å². The first-order chi connectivity index (χ1) is 21.1. The number of hydroxylamine groups is 2. The van der Waals surface area contributed by atoms with Gasteiger partial charge < -0.3 is 30.1 Å². The molecule has 7 atom stereocenters. The number of benzene rings is 1. The van der Waals surface area contributed by atoms with E-state index in [1.807, 2.05) is 24.1 Å². The normalized spacial score (nSPS) is 28.4. The van der Waals surface area contributed by atoms with Crippen LogP contribution in [0, 0.1) is 11.8 Å². The molecule has 2 heterocycles. The van der Waals surface area contributed by atoms with Gasteiger partial charge in [-0.3, -0.25) is 19.4 Å². The third kappa shape index (κ3) is 7.80. The molecular weight excluding hydrogens is 562 g/mol. The molecule has 1 saturated heterocycles. The van der Waals surface area contributed by atoms with Crippen molar-refractivity contribution in [2.45, 2.75) is 88.6 Å². The van der Waals surface area contributed by atoms with E-state index in [4.69, 9.17) is 9.57 Å². The number of likely N-dealkylation sites (N-methyl/N-ethyl adjacent to an activating group) is 1. The number of nitrogens with zero attached hydrogens (tertiary/aromatic N) is 4. The van der Waals surface area contributed by atoms with Crippen molar-refractivity contribution in [1.82, 2.24) is 20.2 Å². The molecule has 11 heteroatoms. The lowest BCUT2D eigenvalue weighted by molar-refractivity contribution is -0.181. The molecule has 2 aliphatic heterocycles. The lowest BCUT2D eigenvalue weighted by atomic mass is 9.74. The summed E-state index contributed by atoms with van der Waals surface area (Å²) < 4.78 is 6.03. The number of rotatable bonds is 12. The van der Waals surface area contributed by atoms with Gasteiger partial charge in [-0.2, -0.15) is 5.06 Å². The van der Waals surface area contributed by atoms with E-state index in [1.54, 1.807) is 26.1 Å². The van der Waals surface area contributed by atoms with Crippen LogP contribution in [0.3, 0.4) is 0 Å². The second kappa shape index (κ2) is 15.6. The van der Waals surface area contributed by atoms with Crippen LogP contribution in [0.25, 0.3) is 0 Å². The monoisotopic (exact) mass is 615 g/mol. The van der Waals surface area contributed by atoms with Crippen molar-refractivity contribution in [2.75, 3.05) is 55.0 Å². The number of hydrogen-bond acceptors (Lipinski definition) is 9. The van der Waals surface area contributed by atoms with Crippen LogP contribution in [0.5, 0.6) is 5.75 Å². The molecule has 4 rings (SSSR count). The van der Waals surface area contributed by atoms with E-state index in [9.17, 15) is 19.8 Å². The molecule has 1 aromatic rings. The zero-order chi connectivity index (χ0) is 32.0. The number of aliphatic hydroxyl groups excluding tert-OH is 2. The number of amides is 2. The molecule has 11 nitrogen and oxygen atoms in total. The number of hydrogen-bond donors (Lipinski definition) is 3. The van der Waals surface area contributed by atoms with Crippen molar-refractivity contribution in [3.05, 3.63) is 29.3 Å². The smallest absolute Gasteiger partial charge is 0.240 e. The molecule has 0 aromatic heterocycles. The SMILES string of the molecule is CNC(=O)[C@@H]1[C@@H]([C@H](C)O)[C@H](CO)ON1Cc1cccc(C2CC(C(=O)N(C)CCC3=NCCCC3)CC(N(C)C)C2)c1OC. The van der Waals surface area contributed by atoms with Gasteiger partial charge in [-0.15, -0.1) is 0 Å². The Balaban J connectivity index is 1.56. The molecule has 3 aliphatic rings. The zero-order valence-corrected chi connectivity index (χ0v) is 27.4. The Morgan fingerprint density at radius 2 is 1.98 bits per heavy atom. The first-order valence-corrected chi connectivity index (χ1v) is 16.1. The molecule has 1 saturated carbocycles. The van der Waals surface area contributed by atoms with E-state index in [0.717, 1.165) is 56.2 Å². The Morgan fingerprint density at radius 3 is 2.59 bits per heavy atom. The van der Waals surface area contributed by atoms with E-state index in [0.29, 0.717) is 12.3 Å². The second-order valence-corrected chi connectivity index (χ2v) is 13.0. The molecule has 2 amide bonds. The highest BCUT2D eigenvalue weighted by Crippen LogP contribution is 2.43. The zero-order valence-electron chi connectivity index (χ0n) is 27.4. The topological polar surface area (TPSA) is 127 Å². The van der Waals surface area contributed by atoms with Crippen LogP contribution in [0.4, 0.5) is 0 Å². The van der Waals surface area contributed by atoms with E-state index in [2.05, 4.69) is 35.4 Å². The molecule has 3 unspecified atom stereocenters. The Bertz CT molecular complexity index is 1160. The summed E-state index contributed by atoms with van der Waals surface area (Å²) in [7, 11) is 9.27. The van der Waals surface area contributed by atoms with Crippen molar-refractivity contribution in [3.8, 4) is 5.75 Å². The average molecular weight is 616 g/mol. The minimum Gasteiger partial charge on any atom is -0.496 e. The summed E-state index contributed by atoms with van der Waals surface area (Å²) in [6.07, 6.45) is 5.10. The molecule has 44 heavy (non-hydrogen) atoms. The fraction of sp³-hybridized carbons (Fsp3) is 0.727. The molecule has 0 bridgehead atoms. The van der Waals surface area contributed by atoms with Gasteiger partial charge >= 0.3 is 0 Å². The molecular formula is C33H53N5O6. The number of para-hydroxylation sites is 1. The largest absolute Gasteiger partial charge is 0.496 e. The molecule has 3 N–H and O–H groups in total. The van der Waals surface area contributed by atoms with Crippen molar-refractivity contribution in [3.63, 3.8) is 0 Å². The Labute approximate surface area is 262 Å². The van der Waals surface area contributed by atoms with Crippen molar-refractivity contribution in [1.29, 1.82) is 0 Å². The molecule has 1 aromatic carbocycles. The van der Waals surface area contributed by atoms with Gasteiger partial charge in [-0.1, -0.05) is 18.2 Å². The van der Waals surface area contributed by atoms with E-state index in [1.165, 1.54) is 12.1 Å². The van der Waals surface area contributed by atoms with E-state index >= 15 is 0 Å².